The van der Waals surface area contributed by atoms with Crippen molar-refractivity contribution < 1.29 is 10.2 Å². The number of nitrogens with zero attached hydrogens (tertiary/aromatic N) is 35. The molecular weight excluding hydrogens is 1940 g/mol. The van der Waals surface area contributed by atoms with Gasteiger partial charge in [0.1, 0.15) is 83.2 Å². The molecule has 20 aromatic rings. The molecule has 13 N–H and O–H groups in total. The summed E-state index contributed by atoms with van der Waals surface area (Å²) < 4.78 is 39.9. The Kier molecular flexibility index (Phi) is 27.8. The lowest BCUT2D eigenvalue weighted by molar-refractivity contribution is 0.208. The number of fused-ring (bicyclic) bond motifs is 5. The molecular formula is C95H113N43O2S5. The van der Waals surface area contributed by atoms with E-state index in [0.29, 0.717) is 0 Å². The second-order valence-electron chi connectivity index (χ2n) is 37.4. The van der Waals surface area contributed by atoms with Crippen LogP contribution in [0, 0.1) is 46.5 Å². The fourth-order valence-corrected chi connectivity index (χ4v) is 22.0. The topological polar surface area (TPSA) is 499 Å². The molecule has 50 heteroatoms. The van der Waals surface area contributed by atoms with Crippen LogP contribution in [-0.2, 0) is 35.2 Å². The lowest BCUT2D eigenvalue weighted by atomic mass is 9.99. The smallest absolute Gasteiger partial charge is 0.167 e. The molecule has 0 radical (unpaired) electrons. The van der Waals surface area contributed by atoms with Crippen LogP contribution in [0.1, 0.15) is 79.8 Å². The summed E-state index contributed by atoms with van der Waals surface area (Å²) in [5.41, 5.74) is 37.0. The molecule has 5 saturated heterocycles. The van der Waals surface area contributed by atoms with Crippen LogP contribution in [0.2, 0.25) is 0 Å². The number of nitrogens with two attached hydrogens (primary N) is 3. The Bertz CT molecular complexity index is 7740. The average molecular weight is 2050 g/mol. The maximum absolute atomic E-state index is 9.65. The van der Waals surface area contributed by atoms with Crippen molar-refractivity contribution in [1.82, 2.24) is 144 Å². The van der Waals surface area contributed by atoms with Gasteiger partial charge in [-0.3, -0.25) is 23.4 Å². The standard InChI is InChI=1S/C20H24N8OS.2C19H23N9S.C19H22N8OS.C18H21N9S/c1-13-6-19(30-25-13)23-18-7-17(27-5-3-4-14(10-27)12-29)24-20-16(9-22-28(18)20)15-8-21-26(2)11-15;2*1-12-6-18(29-25-12)23-17-7-16(27-5-3-4-14(20)11-27)24-19-15(9-22-28(17)19)13-8-21-26(2)10-13;1-12-5-18(29-24-12)22-17-6-16(26-4-3-13(9-26)11-28)23-19-15(8-21-27(17)19)14-7-20-25(2)10-14;1-11-5-17(28-24-11)22-16-6-15(26-4-3-13(19)10-26)23-18-14(8-21-27(16)18)12-7-20-25(2)9-12/h6-9,11,14,23,29H,3-5,10,12H2,1-2H3;2*6-10,14,23H,3-5,11,20H2,1-2H3;5-8,10,13,22,28H,3-4,9,11H2,1-2H3;5-9,13,22H,3-4,10,19H2,1-2H3/t;2*14-;2*13-/m.1011/s1. The number of aromatic nitrogens is 30. The van der Waals surface area contributed by atoms with Gasteiger partial charge in [-0.2, -0.15) is 95.4 Å². The number of aliphatic hydroxyl groups is 2. The van der Waals surface area contributed by atoms with Crippen molar-refractivity contribution in [3.05, 3.63) is 182 Å². The van der Waals surface area contributed by atoms with E-state index < -0.39 is 0 Å². The number of aliphatic hydroxyl groups excluding tert-OH is 2. The lowest BCUT2D eigenvalue weighted by Crippen LogP contribution is -2.43. The number of hydrogen-bond acceptors (Lipinski definition) is 40. The number of hydrogen-bond donors (Lipinski definition) is 10. The van der Waals surface area contributed by atoms with Crippen LogP contribution >= 0.6 is 57.7 Å². The number of piperidine rings is 3. The fraction of sp³-hybridized carbons (Fsp3) is 0.368. The molecule has 0 bridgehead atoms. The first kappa shape index (κ1) is 96.2. The summed E-state index contributed by atoms with van der Waals surface area (Å²) in [6.07, 6.45) is 36.4. The molecule has 0 amide bonds. The van der Waals surface area contributed by atoms with E-state index in [4.69, 9.17) is 42.1 Å². The van der Waals surface area contributed by atoms with Gasteiger partial charge in [0, 0.05) is 255 Å². The van der Waals surface area contributed by atoms with Gasteiger partial charge in [0.2, 0.25) is 0 Å². The molecule has 0 spiro atoms. The molecule has 145 heavy (non-hydrogen) atoms. The first-order valence-electron chi connectivity index (χ1n) is 48.0. The molecule has 5 aliphatic rings. The number of anilines is 15. The fourth-order valence-electron chi connectivity index (χ4n) is 18.6. The van der Waals surface area contributed by atoms with E-state index in [0.717, 1.165) is 312 Å². The van der Waals surface area contributed by atoms with Crippen molar-refractivity contribution in [1.29, 1.82) is 0 Å². The van der Waals surface area contributed by atoms with Gasteiger partial charge in [0.25, 0.3) is 0 Å². The Morgan fingerprint density at radius 1 is 0.283 bits per heavy atom. The van der Waals surface area contributed by atoms with E-state index in [1.807, 2.05) is 246 Å². The zero-order valence-corrected chi connectivity index (χ0v) is 85.9. The number of aryl methyl sites for hydroxylation is 10. The maximum Gasteiger partial charge on any atom is 0.167 e. The summed E-state index contributed by atoms with van der Waals surface area (Å²) in [5, 5.41) is 85.7. The maximum atomic E-state index is 9.65. The number of rotatable bonds is 22. The van der Waals surface area contributed by atoms with E-state index in [2.05, 4.69) is 124 Å². The molecule has 45 nitrogen and oxygen atoms in total. The van der Waals surface area contributed by atoms with Crippen molar-refractivity contribution in [3.63, 3.8) is 0 Å². The minimum absolute atomic E-state index is 0.171. The molecule has 5 aliphatic heterocycles. The van der Waals surface area contributed by atoms with Crippen molar-refractivity contribution >= 4 is 169 Å². The summed E-state index contributed by atoms with van der Waals surface area (Å²) in [5.74, 6) is 9.24. The second kappa shape index (κ2) is 41.8. The van der Waals surface area contributed by atoms with Crippen LogP contribution < -0.4 is 68.3 Å². The number of nitrogens with one attached hydrogen (secondary N) is 5. The van der Waals surface area contributed by atoms with E-state index in [1.54, 1.807) is 23.4 Å². The van der Waals surface area contributed by atoms with Crippen LogP contribution in [0.3, 0.4) is 0 Å². The Balaban J connectivity index is 0.000000107. The Morgan fingerprint density at radius 3 is 0.731 bits per heavy atom. The van der Waals surface area contributed by atoms with Crippen LogP contribution in [-0.4, -0.2) is 251 Å². The van der Waals surface area contributed by atoms with Gasteiger partial charge < -0.3 is 78.5 Å². The molecule has 20 aromatic heterocycles. The van der Waals surface area contributed by atoms with Crippen LogP contribution in [0.5, 0.6) is 0 Å². The summed E-state index contributed by atoms with van der Waals surface area (Å²) >= 11 is 7.13. The van der Waals surface area contributed by atoms with Crippen molar-refractivity contribution in [2.45, 2.75) is 104 Å². The predicted octanol–water partition coefficient (Wildman–Crippen LogP) is 12.6. The highest BCUT2D eigenvalue weighted by Gasteiger charge is 2.32. The SMILES string of the molecule is Cc1cc(Nc2cc(N3CCCC(CO)C3)nc3c(-c4cnn(C)c4)cnn23)sn1.Cc1cc(Nc2cc(N3CCC[C@@H](N)C3)nc3c(-c4cnn(C)c4)cnn23)sn1.Cc1cc(Nc2cc(N3CCC[C@H](N)C3)nc3c(-c4cnn(C)c4)cnn23)sn1.Cc1cc(Nc2cc(N3CC[C@@H](CO)C3)nc3c(-c4cnn(C)c4)cnn23)sn1.Cc1cc(Nc2cc(N3CC[C@@H](N)C3)nc3c(-c4cnn(C)c4)cnn23)sn1. The predicted molar refractivity (Wildman–Crippen MR) is 570 cm³/mol. The quantitative estimate of drug-likeness (QED) is 0.0301. The van der Waals surface area contributed by atoms with Crippen molar-refractivity contribution in [2.24, 2.45) is 64.3 Å². The van der Waals surface area contributed by atoms with Gasteiger partial charge >= 0.3 is 0 Å². The Hall–Kier alpha value is -14.9. The normalized spacial score (nSPS) is 17.0. The highest BCUT2D eigenvalue weighted by molar-refractivity contribution is 7.11. The van der Waals surface area contributed by atoms with Gasteiger partial charge in [0.15, 0.2) is 28.2 Å². The molecule has 5 fully saturated rings. The monoisotopic (exact) mass is 2050 g/mol. The third-order valence-corrected chi connectivity index (χ3v) is 29.8. The van der Waals surface area contributed by atoms with Crippen LogP contribution in [0.4, 0.5) is 83.2 Å². The van der Waals surface area contributed by atoms with E-state index in [1.165, 1.54) is 57.7 Å². The first-order chi connectivity index (χ1) is 70.4. The molecule has 1 unspecified atom stereocenters. The molecule has 25 heterocycles. The lowest BCUT2D eigenvalue weighted by Gasteiger charge is -2.33. The molecule has 25 rings (SSSR count). The largest absolute Gasteiger partial charge is 0.396 e. The zero-order chi connectivity index (χ0) is 99.8. The summed E-state index contributed by atoms with van der Waals surface area (Å²) in [6.45, 7) is 18.9. The van der Waals surface area contributed by atoms with Gasteiger partial charge in [-0.05, 0) is 180 Å². The molecule has 750 valence electrons. The average Bonchev–Trinajstić information content (AvgIpc) is 1.65. The molecule has 0 aliphatic carbocycles. The van der Waals surface area contributed by atoms with Gasteiger partial charge in [-0.1, -0.05) is 0 Å². The molecule has 0 aromatic carbocycles. The highest BCUT2D eigenvalue weighted by Crippen LogP contribution is 2.40. The summed E-state index contributed by atoms with van der Waals surface area (Å²) in [7, 11) is 9.51. The molecule has 5 atom stereocenters. The minimum atomic E-state index is 0.171. The van der Waals surface area contributed by atoms with E-state index in [9.17, 15) is 10.2 Å². The van der Waals surface area contributed by atoms with Crippen LogP contribution in [0.25, 0.3) is 83.9 Å². The summed E-state index contributed by atoms with van der Waals surface area (Å²) in [6, 6.07) is 20.8. The molecule has 0 saturated carbocycles. The van der Waals surface area contributed by atoms with E-state index >= 15 is 0 Å². The van der Waals surface area contributed by atoms with Crippen molar-refractivity contribution in [2.75, 3.05) is 130 Å². The highest BCUT2D eigenvalue weighted by atomic mass is 32.1. The Labute approximate surface area is 853 Å². The zero-order valence-electron chi connectivity index (χ0n) is 81.8. The van der Waals surface area contributed by atoms with Gasteiger partial charge in [0.05, 0.1) is 90.4 Å². The van der Waals surface area contributed by atoms with Gasteiger partial charge in [-0.25, -0.2) is 24.9 Å². The first-order valence-corrected chi connectivity index (χ1v) is 51.9. The third-order valence-electron chi connectivity index (χ3n) is 25.8. The third kappa shape index (κ3) is 21.4. The van der Waals surface area contributed by atoms with Gasteiger partial charge in [-0.15, -0.1) is 0 Å². The van der Waals surface area contributed by atoms with Crippen LogP contribution in [0.15, 0.2) is 154 Å². The van der Waals surface area contributed by atoms with Crippen molar-refractivity contribution in [3.8, 4) is 55.6 Å². The Morgan fingerprint density at radius 2 is 0.510 bits per heavy atom. The van der Waals surface area contributed by atoms with E-state index in [-0.39, 0.29) is 43.2 Å². The summed E-state index contributed by atoms with van der Waals surface area (Å²) in [4.78, 5) is 36.0. The minimum Gasteiger partial charge on any atom is -0.396 e. The second-order valence-corrected chi connectivity index (χ2v) is 41.4.